The fourth-order valence-corrected chi connectivity index (χ4v) is 6.29. The van der Waals surface area contributed by atoms with Crippen molar-refractivity contribution in [1.82, 2.24) is 15.2 Å². The first-order valence-corrected chi connectivity index (χ1v) is 14.4. The summed E-state index contributed by atoms with van der Waals surface area (Å²) >= 11 is 6.71. The first-order valence-electron chi connectivity index (χ1n) is 11.6. The molecule has 2 radical (unpaired) electrons. The summed E-state index contributed by atoms with van der Waals surface area (Å²) in [5, 5.41) is 8.71. The Kier molecular flexibility index (Phi) is 10.4. The van der Waals surface area contributed by atoms with E-state index in [1.165, 1.54) is 5.38 Å². The van der Waals surface area contributed by atoms with E-state index >= 15 is 0 Å². The lowest BCUT2D eigenvalue weighted by molar-refractivity contribution is -0.146. The standard InChI is InChI=1S/C22H23BClN5O10S2/c1-22(2,3)37-21(35)27-20-25-12(8-40-20)15(28-39-11(6-30)4-14(32)38-23)17(33)26-16-18(34)29-13(7-31)10(5-24)9-41(36)19(16)29/h6-8,11,16,19H,4-5,9H2,1-3H3,(H,26,33)(H,25,27,35)/b28-15-/t11-,16+,19+,41?/m0/s1. The number of carbonyl (C=O) groups is 6. The number of hydrogen-bond acceptors (Lipinski definition) is 13. The minimum Gasteiger partial charge on any atom is -0.543 e. The zero-order chi connectivity index (χ0) is 30.5. The Hall–Kier alpha value is -3.64. The van der Waals surface area contributed by atoms with Crippen LogP contribution in [0.1, 0.15) is 32.9 Å². The summed E-state index contributed by atoms with van der Waals surface area (Å²) in [5.74, 6) is -2.95. The van der Waals surface area contributed by atoms with E-state index in [4.69, 9.17) is 29.2 Å². The second-order valence-corrected chi connectivity index (χ2v) is 12.1. The van der Waals surface area contributed by atoms with Crippen LogP contribution in [-0.4, -0.2) is 99.1 Å². The molecule has 3 amide bonds. The topological polar surface area (TPSA) is 200 Å². The number of β-lactam (4-membered cyclic amide) rings is 1. The number of aromatic nitrogens is 1. The Morgan fingerprint density at radius 3 is 2.66 bits per heavy atom. The zero-order valence-electron chi connectivity index (χ0n) is 21.8. The Labute approximate surface area is 245 Å². The SMILES string of the molecule is [B]OC(=O)C[C@@H](C=O)O/N=C(\C(=O)N[C@@H]1C(=O)N2C(C=O)=C(CCl)CS(=O)[C@H]12)c1csc(NC(=O)OC(C)(C)C)n1. The van der Waals surface area contributed by atoms with Crippen molar-refractivity contribution in [2.45, 2.75) is 50.3 Å². The van der Waals surface area contributed by atoms with Crippen molar-refractivity contribution in [3.05, 3.63) is 22.3 Å². The highest BCUT2D eigenvalue weighted by Gasteiger charge is 2.55. The second-order valence-electron chi connectivity index (χ2n) is 9.39. The normalized spacial score (nSPS) is 21.2. The molecule has 1 saturated heterocycles. The second kappa shape index (κ2) is 13.4. The van der Waals surface area contributed by atoms with E-state index in [2.05, 4.69) is 25.4 Å². The van der Waals surface area contributed by atoms with Crippen molar-refractivity contribution in [3.63, 3.8) is 0 Å². The average molecular weight is 628 g/mol. The van der Waals surface area contributed by atoms with Crippen LogP contribution in [0.5, 0.6) is 0 Å². The van der Waals surface area contributed by atoms with E-state index in [0.29, 0.717) is 11.9 Å². The Balaban J connectivity index is 1.86. The Morgan fingerprint density at radius 2 is 2.07 bits per heavy atom. The van der Waals surface area contributed by atoms with E-state index in [-0.39, 0.29) is 34.4 Å². The molecule has 41 heavy (non-hydrogen) atoms. The van der Waals surface area contributed by atoms with Crippen LogP contribution in [0, 0.1) is 0 Å². The zero-order valence-corrected chi connectivity index (χ0v) is 24.2. The number of oxime groups is 1. The van der Waals surface area contributed by atoms with E-state index in [9.17, 15) is 33.0 Å². The van der Waals surface area contributed by atoms with Gasteiger partial charge in [0, 0.05) is 11.3 Å². The summed E-state index contributed by atoms with van der Waals surface area (Å²) in [5.41, 5.74) is -1.21. The largest absolute Gasteiger partial charge is 0.543 e. The number of allylic oxidation sites excluding steroid dienone is 1. The van der Waals surface area contributed by atoms with Crippen molar-refractivity contribution in [2.75, 3.05) is 16.9 Å². The molecular formula is C22H23BClN5O10S2. The molecule has 0 spiro atoms. The molecule has 3 rings (SSSR count). The number of aldehydes is 2. The molecule has 1 fully saturated rings. The van der Waals surface area contributed by atoms with Gasteiger partial charge in [-0.25, -0.2) is 9.78 Å². The summed E-state index contributed by atoms with van der Waals surface area (Å²) in [6, 6.07) is -1.31. The number of thiazole rings is 1. The third-order valence-corrected chi connectivity index (χ3v) is 8.05. The molecule has 19 heteroatoms. The fraction of sp³-hybridized carbons (Fsp3) is 0.455. The lowest BCUT2D eigenvalue weighted by atomic mass is 10.0. The van der Waals surface area contributed by atoms with Crippen LogP contribution in [0.25, 0.3) is 0 Å². The number of alkyl halides is 1. The average Bonchev–Trinajstić information content (AvgIpc) is 3.36. The van der Waals surface area contributed by atoms with Gasteiger partial charge in [0.05, 0.1) is 28.7 Å². The Bertz CT molecular complexity index is 1340. The number of halogens is 1. The lowest BCUT2D eigenvalue weighted by Gasteiger charge is -2.48. The molecule has 3 heterocycles. The van der Waals surface area contributed by atoms with Crippen molar-refractivity contribution >= 4 is 89.1 Å². The maximum Gasteiger partial charge on any atom is 0.413 e. The summed E-state index contributed by atoms with van der Waals surface area (Å²) in [6.07, 6.45) is -2.32. The van der Waals surface area contributed by atoms with E-state index < -0.39 is 69.9 Å². The molecular weight excluding hydrogens is 605 g/mol. The van der Waals surface area contributed by atoms with E-state index in [1.54, 1.807) is 20.8 Å². The molecule has 1 unspecified atom stereocenters. The molecule has 4 atom stereocenters. The van der Waals surface area contributed by atoms with Gasteiger partial charge < -0.3 is 19.5 Å². The molecule has 2 aliphatic rings. The third-order valence-electron chi connectivity index (χ3n) is 5.31. The van der Waals surface area contributed by atoms with Gasteiger partial charge in [0.15, 0.2) is 29.5 Å². The number of anilines is 1. The minimum atomic E-state index is -1.70. The van der Waals surface area contributed by atoms with Gasteiger partial charge >= 0.3 is 14.1 Å². The molecule has 2 N–H and O–H groups in total. The molecule has 1 aromatic heterocycles. The number of carbonyl (C=O) groups excluding carboxylic acids is 6. The number of hydrogen-bond donors (Lipinski definition) is 2. The van der Waals surface area contributed by atoms with E-state index in [1.807, 2.05) is 0 Å². The fourth-order valence-electron chi connectivity index (χ4n) is 3.56. The minimum absolute atomic E-state index is 0.00189. The summed E-state index contributed by atoms with van der Waals surface area (Å²) in [4.78, 5) is 82.8. The van der Waals surface area contributed by atoms with Crippen LogP contribution in [0.15, 0.2) is 21.8 Å². The van der Waals surface area contributed by atoms with Crippen molar-refractivity contribution in [1.29, 1.82) is 0 Å². The van der Waals surface area contributed by atoms with Crippen LogP contribution in [0.3, 0.4) is 0 Å². The van der Waals surface area contributed by atoms with Gasteiger partial charge in [-0.05, 0) is 26.3 Å². The van der Waals surface area contributed by atoms with Crippen LogP contribution < -0.4 is 10.6 Å². The first-order chi connectivity index (χ1) is 19.3. The lowest BCUT2D eigenvalue weighted by Crippen LogP contribution is -2.73. The van der Waals surface area contributed by atoms with Gasteiger partial charge in [0.1, 0.15) is 22.7 Å². The highest BCUT2D eigenvalue weighted by atomic mass is 35.5. The Morgan fingerprint density at radius 1 is 1.37 bits per heavy atom. The molecule has 0 aromatic carbocycles. The monoisotopic (exact) mass is 627 g/mol. The summed E-state index contributed by atoms with van der Waals surface area (Å²) < 4.78 is 22.0. The van der Waals surface area contributed by atoms with Crippen LogP contribution >= 0.6 is 22.9 Å². The number of nitrogens with zero attached hydrogens (tertiary/aromatic N) is 3. The number of amides is 3. The molecule has 0 aliphatic carbocycles. The van der Waals surface area contributed by atoms with Crippen molar-refractivity contribution in [2.24, 2.45) is 5.16 Å². The molecule has 15 nitrogen and oxygen atoms in total. The number of nitrogens with one attached hydrogen (secondary N) is 2. The smallest absolute Gasteiger partial charge is 0.413 e. The number of ether oxygens (including phenoxy) is 1. The molecule has 0 bridgehead atoms. The quantitative estimate of drug-likeness (QED) is 0.0829. The van der Waals surface area contributed by atoms with Gasteiger partial charge in [-0.1, -0.05) is 5.16 Å². The molecule has 218 valence electrons. The molecule has 0 saturated carbocycles. The van der Waals surface area contributed by atoms with Gasteiger partial charge in [-0.3, -0.25) is 38.4 Å². The highest BCUT2D eigenvalue weighted by Crippen LogP contribution is 2.34. The van der Waals surface area contributed by atoms with Gasteiger partial charge in [-0.2, -0.15) is 0 Å². The van der Waals surface area contributed by atoms with Gasteiger partial charge in [0.25, 0.3) is 17.8 Å². The number of fused-ring (bicyclic) bond motifs is 1. The van der Waals surface area contributed by atoms with Crippen LogP contribution in [0.2, 0.25) is 0 Å². The molecule has 1 aromatic rings. The van der Waals surface area contributed by atoms with Gasteiger partial charge in [-0.15, -0.1) is 22.9 Å². The van der Waals surface area contributed by atoms with Crippen LogP contribution in [-0.2, 0) is 49.0 Å². The van der Waals surface area contributed by atoms with Crippen molar-refractivity contribution in [3.8, 4) is 0 Å². The van der Waals surface area contributed by atoms with Crippen LogP contribution in [0.4, 0.5) is 9.93 Å². The number of rotatable bonds is 11. The first kappa shape index (κ1) is 31.9. The maximum atomic E-state index is 13.3. The third kappa shape index (κ3) is 7.56. The predicted molar refractivity (Wildman–Crippen MR) is 145 cm³/mol. The van der Waals surface area contributed by atoms with E-state index in [0.717, 1.165) is 16.2 Å². The predicted octanol–water partition coefficient (Wildman–Crippen LogP) is -0.0977. The maximum absolute atomic E-state index is 13.3. The molecule has 2 aliphatic heterocycles. The highest BCUT2D eigenvalue weighted by molar-refractivity contribution is 7.86. The summed E-state index contributed by atoms with van der Waals surface area (Å²) in [6.45, 7) is 4.97. The summed E-state index contributed by atoms with van der Waals surface area (Å²) in [7, 11) is 3.07. The van der Waals surface area contributed by atoms with Gasteiger partial charge in [0.2, 0.25) is 0 Å². The van der Waals surface area contributed by atoms with Crippen molar-refractivity contribution < 1.29 is 47.2 Å².